The molecule has 6 nitrogen and oxygen atoms in total. The molecular weight excluding hydrogens is 208 g/mol. The van der Waals surface area contributed by atoms with Gasteiger partial charge in [0.25, 0.3) is 0 Å². The molecule has 6 N–H and O–H groups in total. The van der Waals surface area contributed by atoms with Crippen LogP contribution in [0.25, 0.3) is 0 Å². The quantitative estimate of drug-likeness (QED) is 0.346. The molecule has 0 saturated carbocycles. The summed E-state index contributed by atoms with van der Waals surface area (Å²) in [4.78, 5) is 14.1. The van der Waals surface area contributed by atoms with E-state index in [1.165, 1.54) is 0 Å². The number of nitrogens with two attached hydrogens (primary N) is 2. The standard InChI is InChI=1S/C7H16N4O2.ClH/c1-10-5(4-6(12)13)2-3-11-7(8)9;/h5,10H,2-4H2,1H3,(H,12,13)(H4,8,9,11);1H. The van der Waals surface area contributed by atoms with Crippen molar-refractivity contribution in [2.24, 2.45) is 16.5 Å². The lowest BCUT2D eigenvalue weighted by molar-refractivity contribution is -0.137. The van der Waals surface area contributed by atoms with Crippen LogP contribution in [-0.2, 0) is 4.79 Å². The van der Waals surface area contributed by atoms with Gasteiger partial charge in [-0.25, -0.2) is 0 Å². The van der Waals surface area contributed by atoms with E-state index in [4.69, 9.17) is 16.6 Å². The Morgan fingerprint density at radius 1 is 1.57 bits per heavy atom. The molecule has 0 spiro atoms. The van der Waals surface area contributed by atoms with Crippen molar-refractivity contribution in [1.29, 1.82) is 0 Å². The van der Waals surface area contributed by atoms with E-state index in [-0.39, 0.29) is 30.8 Å². The zero-order valence-electron chi connectivity index (χ0n) is 8.06. The molecule has 0 fully saturated rings. The zero-order valence-corrected chi connectivity index (χ0v) is 8.88. The van der Waals surface area contributed by atoms with E-state index in [0.29, 0.717) is 13.0 Å². The van der Waals surface area contributed by atoms with Crippen LogP contribution < -0.4 is 16.8 Å². The number of hydrogen-bond acceptors (Lipinski definition) is 3. The third-order valence-corrected chi connectivity index (χ3v) is 1.60. The Morgan fingerprint density at radius 2 is 2.14 bits per heavy atom. The molecule has 0 saturated heterocycles. The van der Waals surface area contributed by atoms with Crippen LogP contribution in [0.5, 0.6) is 0 Å². The monoisotopic (exact) mass is 224 g/mol. The van der Waals surface area contributed by atoms with Crippen LogP contribution >= 0.6 is 12.4 Å². The molecule has 0 aliphatic rings. The molecular formula is C7H17ClN4O2. The van der Waals surface area contributed by atoms with E-state index < -0.39 is 5.97 Å². The molecule has 0 radical (unpaired) electrons. The summed E-state index contributed by atoms with van der Waals surface area (Å²) >= 11 is 0. The fourth-order valence-electron chi connectivity index (χ4n) is 0.909. The van der Waals surface area contributed by atoms with Crippen molar-refractivity contribution >= 4 is 24.3 Å². The highest BCUT2D eigenvalue weighted by molar-refractivity contribution is 5.85. The van der Waals surface area contributed by atoms with Gasteiger partial charge in [-0.1, -0.05) is 0 Å². The highest BCUT2D eigenvalue weighted by Crippen LogP contribution is 1.97. The second-order valence-electron chi connectivity index (χ2n) is 2.68. The van der Waals surface area contributed by atoms with Crippen LogP contribution in [0.1, 0.15) is 12.8 Å². The maximum atomic E-state index is 10.3. The molecule has 0 aliphatic heterocycles. The number of hydrogen-bond donors (Lipinski definition) is 4. The van der Waals surface area contributed by atoms with E-state index in [9.17, 15) is 4.79 Å². The smallest absolute Gasteiger partial charge is 0.304 e. The van der Waals surface area contributed by atoms with Crippen molar-refractivity contribution in [3.05, 3.63) is 0 Å². The third-order valence-electron chi connectivity index (χ3n) is 1.60. The second-order valence-corrected chi connectivity index (χ2v) is 2.68. The molecule has 1 unspecified atom stereocenters. The Kier molecular flexibility index (Phi) is 9.48. The van der Waals surface area contributed by atoms with Gasteiger partial charge in [0.05, 0.1) is 6.42 Å². The molecule has 0 heterocycles. The summed E-state index contributed by atoms with van der Waals surface area (Å²) in [6.07, 6.45) is 0.692. The van der Waals surface area contributed by atoms with Crippen molar-refractivity contribution in [3.63, 3.8) is 0 Å². The fourth-order valence-corrected chi connectivity index (χ4v) is 0.909. The van der Waals surface area contributed by atoms with Gasteiger partial charge in [-0.05, 0) is 13.5 Å². The zero-order chi connectivity index (χ0) is 10.3. The summed E-state index contributed by atoms with van der Waals surface area (Å²) < 4.78 is 0. The maximum absolute atomic E-state index is 10.3. The number of rotatable bonds is 6. The van der Waals surface area contributed by atoms with Gasteiger partial charge in [-0.2, -0.15) is 0 Å². The summed E-state index contributed by atoms with van der Waals surface area (Å²) in [5.41, 5.74) is 10.2. The normalized spacial score (nSPS) is 11.2. The summed E-state index contributed by atoms with van der Waals surface area (Å²) in [6, 6.07) is -0.0828. The SMILES string of the molecule is CNC(CCN=C(N)N)CC(=O)O.Cl. The fraction of sp³-hybridized carbons (Fsp3) is 0.714. The minimum atomic E-state index is -0.830. The number of carboxylic acids is 1. The topological polar surface area (TPSA) is 114 Å². The van der Waals surface area contributed by atoms with Crippen LogP contribution in [0.3, 0.4) is 0 Å². The number of carbonyl (C=O) groups is 1. The number of guanidine groups is 1. The van der Waals surface area contributed by atoms with Crippen LogP contribution in [0.2, 0.25) is 0 Å². The molecule has 14 heavy (non-hydrogen) atoms. The first-order chi connectivity index (χ1) is 6.06. The van der Waals surface area contributed by atoms with Gasteiger partial charge in [0.2, 0.25) is 0 Å². The van der Waals surface area contributed by atoms with Crippen molar-refractivity contribution < 1.29 is 9.90 Å². The van der Waals surface area contributed by atoms with Gasteiger partial charge in [0.1, 0.15) is 0 Å². The van der Waals surface area contributed by atoms with Crippen LogP contribution in [-0.4, -0.2) is 36.7 Å². The average Bonchev–Trinajstić information content (AvgIpc) is 2.01. The number of aliphatic carboxylic acids is 1. The molecule has 0 aliphatic carbocycles. The predicted molar refractivity (Wildman–Crippen MR) is 57.6 cm³/mol. The first-order valence-electron chi connectivity index (χ1n) is 4.00. The van der Waals surface area contributed by atoms with Gasteiger partial charge >= 0.3 is 5.97 Å². The van der Waals surface area contributed by atoms with E-state index in [1.807, 2.05) is 0 Å². The lowest BCUT2D eigenvalue weighted by atomic mass is 10.1. The molecule has 84 valence electrons. The summed E-state index contributed by atoms with van der Waals surface area (Å²) in [5.74, 6) is -0.797. The molecule has 0 rings (SSSR count). The highest BCUT2D eigenvalue weighted by atomic mass is 35.5. The van der Waals surface area contributed by atoms with Crippen molar-refractivity contribution in [3.8, 4) is 0 Å². The van der Waals surface area contributed by atoms with Gasteiger partial charge in [0.15, 0.2) is 5.96 Å². The number of nitrogens with one attached hydrogen (secondary N) is 1. The van der Waals surface area contributed by atoms with Gasteiger partial charge in [0, 0.05) is 12.6 Å². The number of nitrogens with zero attached hydrogens (tertiary/aromatic N) is 1. The minimum absolute atomic E-state index is 0. The number of aliphatic imine (C=N–C) groups is 1. The number of halogens is 1. The Bertz CT molecular complexity index is 194. The minimum Gasteiger partial charge on any atom is -0.481 e. The van der Waals surface area contributed by atoms with Crippen LogP contribution in [0.15, 0.2) is 4.99 Å². The molecule has 0 aromatic rings. The van der Waals surface area contributed by atoms with Crippen LogP contribution in [0.4, 0.5) is 0 Å². The molecule has 7 heteroatoms. The second kappa shape index (κ2) is 8.58. The van der Waals surface area contributed by atoms with Crippen molar-refractivity contribution in [2.75, 3.05) is 13.6 Å². The summed E-state index contributed by atoms with van der Waals surface area (Å²) in [7, 11) is 1.71. The average molecular weight is 225 g/mol. The van der Waals surface area contributed by atoms with Gasteiger partial charge in [-0.3, -0.25) is 9.79 Å². The van der Waals surface area contributed by atoms with Crippen LogP contribution in [0, 0.1) is 0 Å². The Labute approximate surface area is 89.2 Å². The lowest BCUT2D eigenvalue weighted by Gasteiger charge is -2.11. The van der Waals surface area contributed by atoms with Crippen molar-refractivity contribution in [1.82, 2.24) is 5.32 Å². The van der Waals surface area contributed by atoms with Crippen molar-refractivity contribution in [2.45, 2.75) is 18.9 Å². The Morgan fingerprint density at radius 3 is 2.50 bits per heavy atom. The van der Waals surface area contributed by atoms with E-state index >= 15 is 0 Å². The lowest BCUT2D eigenvalue weighted by Crippen LogP contribution is -2.29. The van der Waals surface area contributed by atoms with Gasteiger partial charge in [-0.15, -0.1) is 12.4 Å². The van der Waals surface area contributed by atoms with E-state index in [0.717, 1.165) is 0 Å². The van der Waals surface area contributed by atoms with E-state index in [1.54, 1.807) is 7.05 Å². The molecule has 1 atom stereocenters. The maximum Gasteiger partial charge on any atom is 0.304 e. The van der Waals surface area contributed by atoms with Gasteiger partial charge < -0.3 is 21.9 Å². The number of carboxylic acid groups (broad SMARTS) is 1. The Hall–Kier alpha value is -1.01. The highest BCUT2D eigenvalue weighted by Gasteiger charge is 2.09. The predicted octanol–water partition coefficient (Wildman–Crippen LogP) is -0.866. The largest absolute Gasteiger partial charge is 0.481 e. The summed E-state index contributed by atoms with van der Waals surface area (Å²) in [6.45, 7) is 0.446. The first kappa shape index (κ1) is 15.5. The first-order valence-corrected chi connectivity index (χ1v) is 4.00. The molecule has 0 bridgehead atoms. The summed E-state index contributed by atoms with van der Waals surface area (Å²) in [5, 5.41) is 11.4. The molecule has 0 aromatic heterocycles. The Balaban J connectivity index is 0. The third kappa shape index (κ3) is 9.08. The molecule has 0 aromatic carbocycles. The van der Waals surface area contributed by atoms with E-state index in [2.05, 4.69) is 10.3 Å². The molecule has 0 amide bonds.